The third-order valence-corrected chi connectivity index (χ3v) is 11.1. The zero-order valence-corrected chi connectivity index (χ0v) is 18.4. The highest BCUT2D eigenvalue weighted by Gasteiger charge is 2.54. The third kappa shape index (κ3) is 2.29. The zero-order chi connectivity index (χ0) is 19.5. The highest BCUT2D eigenvalue weighted by Crippen LogP contribution is 2.64. The predicted molar refractivity (Wildman–Crippen MR) is 124 cm³/mol. The average molecular weight is 397 g/mol. The highest BCUT2D eigenvalue weighted by molar-refractivity contribution is 5.88. The van der Waals surface area contributed by atoms with Gasteiger partial charge in [-0.05, 0) is 145 Å². The van der Waals surface area contributed by atoms with Crippen LogP contribution >= 0.6 is 0 Å². The van der Waals surface area contributed by atoms with E-state index in [9.17, 15) is 0 Å². The molecule has 156 valence electrons. The minimum Gasteiger partial charge on any atom is -0.0616 e. The molecule has 10 rings (SSSR count). The Labute approximate surface area is 181 Å². The Bertz CT molecular complexity index is 955. The Morgan fingerprint density at radius 2 is 1.00 bits per heavy atom. The van der Waals surface area contributed by atoms with Crippen LogP contribution in [-0.2, 0) is 10.8 Å². The fourth-order valence-electron chi connectivity index (χ4n) is 11.0. The summed E-state index contributed by atoms with van der Waals surface area (Å²) in [6.45, 7) is 0. The van der Waals surface area contributed by atoms with Crippen LogP contribution in [0, 0.1) is 35.5 Å². The van der Waals surface area contributed by atoms with Crippen molar-refractivity contribution in [1.29, 1.82) is 0 Å². The number of rotatable bonds is 2. The van der Waals surface area contributed by atoms with Crippen LogP contribution in [0.1, 0.15) is 88.2 Å². The van der Waals surface area contributed by atoms with E-state index in [-0.39, 0.29) is 0 Å². The van der Waals surface area contributed by atoms with E-state index in [2.05, 4.69) is 36.4 Å². The summed E-state index contributed by atoms with van der Waals surface area (Å²) < 4.78 is 0. The fourth-order valence-corrected chi connectivity index (χ4v) is 11.0. The smallest absolute Gasteiger partial charge is 0.00328 e. The van der Waals surface area contributed by atoms with Gasteiger partial charge >= 0.3 is 0 Å². The zero-order valence-electron chi connectivity index (χ0n) is 18.4. The quantitative estimate of drug-likeness (QED) is 0.486. The van der Waals surface area contributed by atoms with Crippen LogP contribution in [0.15, 0.2) is 36.4 Å². The van der Waals surface area contributed by atoms with Crippen molar-refractivity contribution < 1.29 is 0 Å². The van der Waals surface area contributed by atoms with E-state index in [0.29, 0.717) is 10.8 Å². The minimum absolute atomic E-state index is 0.507. The van der Waals surface area contributed by atoms with Crippen LogP contribution in [0.3, 0.4) is 0 Å². The molecule has 0 atom stereocenters. The lowest BCUT2D eigenvalue weighted by atomic mass is 9.46. The number of hydrogen-bond donors (Lipinski definition) is 0. The van der Waals surface area contributed by atoms with E-state index < -0.39 is 0 Å². The van der Waals surface area contributed by atoms with Gasteiger partial charge in [0.05, 0.1) is 0 Å². The van der Waals surface area contributed by atoms with Crippen molar-refractivity contribution in [2.24, 2.45) is 35.5 Å². The van der Waals surface area contributed by atoms with Crippen molar-refractivity contribution in [1.82, 2.24) is 0 Å². The maximum absolute atomic E-state index is 2.82. The van der Waals surface area contributed by atoms with Gasteiger partial charge in [-0.1, -0.05) is 36.4 Å². The SMILES string of the molecule is c1ccc2c(C34CC5CC(CC(C5)C3)C4)cc(C34CC5CC(CC(C5)C3)C4)cc2c1. The first-order chi connectivity index (χ1) is 14.7. The van der Waals surface area contributed by atoms with Crippen molar-refractivity contribution in [2.75, 3.05) is 0 Å². The molecule has 0 unspecified atom stereocenters. The normalized spacial score (nSPS) is 48.0. The molecule has 0 heteroatoms. The number of fused-ring (bicyclic) bond motifs is 1. The molecule has 2 aromatic carbocycles. The van der Waals surface area contributed by atoms with Crippen molar-refractivity contribution in [3.8, 4) is 0 Å². The third-order valence-electron chi connectivity index (χ3n) is 11.1. The van der Waals surface area contributed by atoms with Crippen LogP contribution in [0.25, 0.3) is 10.8 Å². The van der Waals surface area contributed by atoms with Gasteiger partial charge in [-0.25, -0.2) is 0 Å². The number of hydrogen-bond acceptors (Lipinski definition) is 0. The van der Waals surface area contributed by atoms with E-state index in [1.807, 2.05) is 0 Å². The topological polar surface area (TPSA) is 0 Å². The minimum atomic E-state index is 0.507. The molecule has 0 N–H and O–H groups in total. The summed E-state index contributed by atoms with van der Waals surface area (Å²) in [5, 5.41) is 3.16. The molecule has 0 radical (unpaired) electrons. The van der Waals surface area contributed by atoms with E-state index >= 15 is 0 Å². The molecule has 2 aromatic rings. The molecular weight excluding hydrogens is 360 g/mol. The summed E-state index contributed by atoms with van der Waals surface area (Å²) in [5.41, 5.74) is 4.60. The van der Waals surface area contributed by atoms with E-state index in [4.69, 9.17) is 0 Å². The molecule has 0 heterocycles. The monoisotopic (exact) mass is 396 g/mol. The average Bonchev–Trinajstić information content (AvgIpc) is 2.71. The second-order valence-electron chi connectivity index (χ2n) is 13.1. The predicted octanol–water partition coefficient (Wildman–Crippen LogP) is 7.78. The first-order valence-electron chi connectivity index (χ1n) is 13.2. The molecule has 0 spiro atoms. The number of benzene rings is 2. The Balaban J connectivity index is 1.32. The summed E-state index contributed by atoms with van der Waals surface area (Å²) in [4.78, 5) is 0. The highest BCUT2D eigenvalue weighted by atomic mass is 14.6. The first-order valence-corrected chi connectivity index (χ1v) is 13.2. The molecular formula is C30H36. The van der Waals surface area contributed by atoms with Gasteiger partial charge in [0.25, 0.3) is 0 Å². The molecule has 0 aliphatic heterocycles. The van der Waals surface area contributed by atoms with E-state index in [1.165, 1.54) is 38.5 Å². The Kier molecular flexibility index (Phi) is 3.30. The molecule has 8 aliphatic carbocycles. The summed E-state index contributed by atoms with van der Waals surface area (Å²) in [7, 11) is 0. The van der Waals surface area contributed by atoms with Crippen molar-refractivity contribution >= 4 is 10.8 Å². The van der Waals surface area contributed by atoms with Gasteiger partial charge in [-0.15, -0.1) is 0 Å². The molecule has 0 saturated heterocycles. The standard InChI is InChI=1S/C30H36/c1-2-4-27-25(3-1)11-26(29-13-19-5-20(14-29)7-21(6-19)15-29)12-28(27)30-16-22-8-23(17-30)10-24(9-22)18-30/h1-4,11-12,19-24H,5-10,13-18H2. The van der Waals surface area contributed by atoms with Gasteiger partial charge < -0.3 is 0 Å². The van der Waals surface area contributed by atoms with Crippen LogP contribution in [0.2, 0.25) is 0 Å². The fraction of sp³-hybridized carbons (Fsp3) is 0.667. The van der Waals surface area contributed by atoms with Crippen LogP contribution in [0.4, 0.5) is 0 Å². The van der Waals surface area contributed by atoms with E-state index in [1.54, 1.807) is 60.4 Å². The van der Waals surface area contributed by atoms with E-state index in [0.717, 1.165) is 35.5 Å². The molecule has 0 aromatic heterocycles. The van der Waals surface area contributed by atoms with Gasteiger partial charge in [0.1, 0.15) is 0 Å². The molecule has 0 amide bonds. The lowest BCUT2D eigenvalue weighted by Gasteiger charge is -2.58. The maximum atomic E-state index is 2.82. The summed E-state index contributed by atoms with van der Waals surface area (Å²) in [6.07, 6.45) is 18.3. The molecule has 8 saturated carbocycles. The second-order valence-corrected chi connectivity index (χ2v) is 13.1. The summed E-state index contributed by atoms with van der Waals surface area (Å²) in [5.74, 6) is 6.18. The summed E-state index contributed by atoms with van der Waals surface area (Å²) in [6, 6.07) is 15.0. The molecule has 8 fully saturated rings. The van der Waals surface area contributed by atoms with Crippen LogP contribution in [-0.4, -0.2) is 0 Å². The van der Waals surface area contributed by atoms with Gasteiger partial charge in [-0.2, -0.15) is 0 Å². The van der Waals surface area contributed by atoms with Crippen LogP contribution in [0.5, 0.6) is 0 Å². The molecule has 8 bridgehead atoms. The van der Waals surface area contributed by atoms with Crippen LogP contribution < -0.4 is 0 Å². The summed E-state index contributed by atoms with van der Waals surface area (Å²) >= 11 is 0. The molecule has 30 heavy (non-hydrogen) atoms. The lowest BCUT2D eigenvalue weighted by Crippen LogP contribution is -2.50. The maximum Gasteiger partial charge on any atom is -0.00328 e. The van der Waals surface area contributed by atoms with Gasteiger partial charge in [0, 0.05) is 0 Å². The molecule has 8 aliphatic rings. The van der Waals surface area contributed by atoms with Gasteiger partial charge in [0.15, 0.2) is 0 Å². The lowest BCUT2D eigenvalue weighted by molar-refractivity contribution is -0.00787. The largest absolute Gasteiger partial charge is 0.0616 e. The van der Waals surface area contributed by atoms with Gasteiger partial charge in [0.2, 0.25) is 0 Å². The van der Waals surface area contributed by atoms with Crippen molar-refractivity contribution in [2.45, 2.75) is 87.9 Å². The van der Waals surface area contributed by atoms with Crippen molar-refractivity contribution in [3.63, 3.8) is 0 Å². The molecule has 0 nitrogen and oxygen atoms in total. The Morgan fingerprint density at radius 1 is 0.533 bits per heavy atom. The Hall–Kier alpha value is -1.30. The Morgan fingerprint density at radius 3 is 1.53 bits per heavy atom. The van der Waals surface area contributed by atoms with Crippen molar-refractivity contribution in [3.05, 3.63) is 47.5 Å². The second kappa shape index (κ2) is 5.73. The van der Waals surface area contributed by atoms with Gasteiger partial charge in [-0.3, -0.25) is 0 Å². The first kappa shape index (κ1) is 17.3.